The molecule has 1 N–H and O–H groups in total. The van der Waals surface area contributed by atoms with Crippen molar-refractivity contribution in [1.29, 1.82) is 0 Å². The van der Waals surface area contributed by atoms with Gasteiger partial charge in [-0.3, -0.25) is 14.5 Å². The molecule has 3 aromatic rings. The molecule has 108 valence electrons. The Hall–Kier alpha value is -2.21. The van der Waals surface area contributed by atoms with E-state index in [4.69, 9.17) is 11.6 Å². The number of H-pyrrole nitrogens is 1. The van der Waals surface area contributed by atoms with Gasteiger partial charge in [-0.05, 0) is 26.0 Å². The minimum atomic E-state index is -0.435. The number of imidazole rings is 1. The number of nitrogens with zero attached hydrogens (tertiary/aromatic N) is 3. The van der Waals surface area contributed by atoms with E-state index in [1.54, 1.807) is 4.57 Å². The van der Waals surface area contributed by atoms with Crippen LogP contribution in [0.15, 0.2) is 29.3 Å². The topological polar surface area (TPSA) is 63.6 Å². The highest BCUT2D eigenvalue weighted by atomic mass is 35.5. The highest BCUT2D eigenvalue weighted by molar-refractivity contribution is 6.34. The van der Waals surface area contributed by atoms with Crippen LogP contribution >= 0.6 is 11.6 Å². The Balaban J connectivity index is 2.43. The molecule has 0 aliphatic heterocycles. The summed E-state index contributed by atoms with van der Waals surface area (Å²) in [6.07, 6.45) is 2.56. The average Bonchev–Trinajstić information content (AvgIpc) is 2.76. The highest BCUT2D eigenvalue weighted by Crippen LogP contribution is 2.32. The van der Waals surface area contributed by atoms with Crippen molar-refractivity contribution in [1.82, 2.24) is 19.5 Å². The fourth-order valence-corrected chi connectivity index (χ4v) is 2.56. The van der Waals surface area contributed by atoms with Crippen LogP contribution in [0.1, 0.15) is 19.9 Å². The van der Waals surface area contributed by atoms with Gasteiger partial charge in [0.1, 0.15) is 5.82 Å². The summed E-state index contributed by atoms with van der Waals surface area (Å²) in [4.78, 5) is 23.0. The molecular formula is C14H12ClFN4O. The van der Waals surface area contributed by atoms with Crippen LogP contribution in [-0.4, -0.2) is 19.5 Å². The predicted molar refractivity (Wildman–Crippen MR) is 78.9 cm³/mol. The molecule has 0 bridgehead atoms. The van der Waals surface area contributed by atoms with Crippen molar-refractivity contribution in [2.24, 2.45) is 0 Å². The summed E-state index contributed by atoms with van der Waals surface area (Å²) in [5.41, 5.74) is 1.79. The molecule has 0 aromatic carbocycles. The summed E-state index contributed by atoms with van der Waals surface area (Å²) >= 11 is 6.24. The van der Waals surface area contributed by atoms with Gasteiger partial charge in [-0.25, -0.2) is 14.2 Å². The number of aromatic nitrogens is 4. The maximum absolute atomic E-state index is 13.1. The Bertz CT molecular complexity index is 867. The molecule has 7 heteroatoms. The molecule has 0 aliphatic carbocycles. The lowest BCUT2D eigenvalue weighted by atomic mass is 10.1. The van der Waals surface area contributed by atoms with Crippen molar-refractivity contribution < 1.29 is 4.39 Å². The van der Waals surface area contributed by atoms with E-state index in [-0.39, 0.29) is 11.7 Å². The van der Waals surface area contributed by atoms with Gasteiger partial charge in [-0.15, -0.1) is 0 Å². The predicted octanol–water partition coefficient (Wildman–Crippen LogP) is 3.16. The zero-order valence-electron chi connectivity index (χ0n) is 11.4. The van der Waals surface area contributed by atoms with Crippen molar-refractivity contribution in [3.8, 4) is 11.3 Å². The molecule has 5 nitrogen and oxygen atoms in total. The van der Waals surface area contributed by atoms with Crippen LogP contribution in [0.3, 0.4) is 0 Å². The van der Waals surface area contributed by atoms with Crippen molar-refractivity contribution >= 4 is 22.8 Å². The van der Waals surface area contributed by atoms with Gasteiger partial charge in [0.05, 0.1) is 22.4 Å². The molecule has 0 unspecified atom stereocenters. The minimum absolute atomic E-state index is 0.0780. The van der Waals surface area contributed by atoms with Crippen LogP contribution in [-0.2, 0) is 0 Å². The standard InChI is InChI=1S/C14H12ClFN4O/c1-7(2)20-12-11(10-4-3-8(16)5-17-10)9(15)6-18-13(12)19-14(20)21/h3-7H,1-2H3,(H,18,19,21). The summed E-state index contributed by atoms with van der Waals surface area (Å²) < 4.78 is 14.6. The van der Waals surface area contributed by atoms with E-state index in [2.05, 4.69) is 15.0 Å². The average molecular weight is 307 g/mol. The Morgan fingerprint density at radius 1 is 1.29 bits per heavy atom. The van der Waals surface area contributed by atoms with Crippen LogP contribution in [0.5, 0.6) is 0 Å². The first-order valence-corrected chi connectivity index (χ1v) is 6.77. The number of halogens is 2. The van der Waals surface area contributed by atoms with Crippen LogP contribution in [0.2, 0.25) is 5.02 Å². The Kier molecular flexibility index (Phi) is 3.25. The third kappa shape index (κ3) is 2.21. The SMILES string of the molecule is CC(C)n1c(=O)[nH]c2ncc(Cl)c(-c3ccc(F)cn3)c21. The lowest BCUT2D eigenvalue weighted by molar-refractivity contribution is 0.598. The molecule has 0 amide bonds. The summed E-state index contributed by atoms with van der Waals surface area (Å²) in [5.74, 6) is -0.435. The summed E-state index contributed by atoms with van der Waals surface area (Å²) in [5, 5.41) is 0.356. The van der Waals surface area contributed by atoms with Crippen molar-refractivity contribution in [3.63, 3.8) is 0 Å². The first-order valence-electron chi connectivity index (χ1n) is 6.39. The van der Waals surface area contributed by atoms with Gasteiger partial charge in [0.15, 0.2) is 5.65 Å². The molecule has 0 saturated carbocycles. The van der Waals surface area contributed by atoms with Gasteiger partial charge in [-0.2, -0.15) is 0 Å². The smallest absolute Gasteiger partial charge is 0.290 e. The second-order valence-corrected chi connectivity index (χ2v) is 5.34. The molecule has 0 atom stereocenters. The van der Waals surface area contributed by atoms with Gasteiger partial charge >= 0.3 is 5.69 Å². The van der Waals surface area contributed by atoms with E-state index in [9.17, 15) is 9.18 Å². The maximum atomic E-state index is 13.1. The van der Waals surface area contributed by atoms with E-state index in [1.807, 2.05) is 13.8 Å². The minimum Gasteiger partial charge on any atom is -0.290 e. The number of pyridine rings is 2. The largest absolute Gasteiger partial charge is 0.327 e. The molecule has 0 fully saturated rings. The summed E-state index contributed by atoms with van der Waals surface area (Å²) in [6.45, 7) is 3.77. The molecule has 3 rings (SSSR count). The van der Waals surface area contributed by atoms with Gasteiger partial charge in [0, 0.05) is 17.8 Å². The number of aromatic amines is 1. The normalized spacial score (nSPS) is 11.5. The van der Waals surface area contributed by atoms with Crippen LogP contribution in [0.4, 0.5) is 4.39 Å². The number of rotatable bonds is 2. The number of fused-ring (bicyclic) bond motifs is 1. The quantitative estimate of drug-likeness (QED) is 0.791. The van der Waals surface area contributed by atoms with Crippen molar-refractivity contribution in [2.75, 3.05) is 0 Å². The zero-order valence-corrected chi connectivity index (χ0v) is 12.1. The summed E-state index contributed by atoms with van der Waals surface area (Å²) in [7, 11) is 0. The van der Waals surface area contributed by atoms with Gasteiger partial charge in [0.2, 0.25) is 0 Å². The third-order valence-electron chi connectivity index (χ3n) is 3.19. The maximum Gasteiger partial charge on any atom is 0.327 e. The Morgan fingerprint density at radius 2 is 2.05 bits per heavy atom. The van der Waals surface area contributed by atoms with E-state index in [1.165, 1.54) is 18.3 Å². The van der Waals surface area contributed by atoms with E-state index in [0.29, 0.717) is 27.4 Å². The van der Waals surface area contributed by atoms with E-state index in [0.717, 1.165) is 6.20 Å². The van der Waals surface area contributed by atoms with Gasteiger partial charge in [0.25, 0.3) is 0 Å². The summed E-state index contributed by atoms with van der Waals surface area (Å²) in [6, 6.07) is 2.75. The first-order chi connectivity index (χ1) is 9.99. The zero-order chi connectivity index (χ0) is 15.1. The monoisotopic (exact) mass is 306 g/mol. The molecule has 0 radical (unpaired) electrons. The van der Waals surface area contributed by atoms with Gasteiger partial charge < -0.3 is 0 Å². The third-order valence-corrected chi connectivity index (χ3v) is 3.48. The van der Waals surface area contributed by atoms with Crippen LogP contribution in [0, 0.1) is 5.82 Å². The van der Waals surface area contributed by atoms with Gasteiger partial charge in [-0.1, -0.05) is 11.6 Å². The molecular weight excluding hydrogens is 295 g/mol. The number of hydrogen-bond donors (Lipinski definition) is 1. The second-order valence-electron chi connectivity index (χ2n) is 4.93. The van der Waals surface area contributed by atoms with E-state index < -0.39 is 5.82 Å². The molecule has 3 heterocycles. The fourth-order valence-electron chi connectivity index (χ4n) is 2.33. The van der Waals surface area contributed by atoms with Crippen molar-refractivity contribution in [2.45, 2.75) is 19.9 Å². The number of hydrogen-bond acceptors (Lipinski definition) is 3. The first kappa shape index (κ1) is 13.8. The molecule has 3 aromatic heterocycles. The van der Waals surface area contributed by atoms with Crippen molar-refractivity contribution in [3.05, 3.63) is 45.9 Å². The van der Waals surface area contributed by atoms with E-state index >= 15 is 0 Å². The molecule has 21 heavy (non-hydrogen) atoms. The Morgan fingerprint density at radius 3 is 2.67 bits per heavy atom. The molecule has 0 aliphatic rings. The number of nitrogens with one attached hydrogen (secondary N) is 1. The lowest BCUT2D eigenvalue weighted by Gasteiger charge is -2.11. The van der Waals surface area contributed by atoms with Crippen LogP contribution in [0.25, 0.3) is 22.4 Å². The Labute approximate surface area is 124 Å². The molecule has 0 saturated heterocycles. The highest BCUT2D eigenvalue weighted by Gasteiger charge is 2.19. The van der Waals surface area contributed by atoms with Crippen LogP contribution < -0.4 is 5.69 Å². The lowest BCUT2D eigenvalue weighted by Crippen LogP contribution is -2.18. The second kappa shape index (κ2) is 4.96. The fraction of sp³-hybridized carbons (Fsp3) is 0.214. The molecule has 0 spiro atoms.